The van der Waals surface area contributed by atoms with E-state index in [-0.39, 0.29) is 11.8 Å². The van der Waals surface area contributed by atoms with Crippen LogP contribution in [-0.2, 0) is 10.0 Å². The van der Waals surface area contributed by atoms with E-state index in [1.807, 2.05) is 0 Å². The molecule has 6 heteroatoms. The molecular formula is C14H29N3O2S. The monoisotopic (exact) mass is 303 g/mol. The molecule has 0 amide bonds. The van der Waals surface area contributed by atoms with Crippen molar-refractivity contribution in [3.05, 3.63) is 0 Å². The van der Waals surface area contributed by atoms with Crippen molar-refractivity contribution in [3.8, 4) is 0 Å². The van der Waals surface area contributed by atoms with Gasteiger partial charge in [-0.3, -0.25) is 0 Å². The second-order valence-corrected chi connectivity index (χ2v) is 8.46. The minimum absolute atomic E-state index is 0.198. The summed E-state index contributed by atoms with van der Waals surface area (Å²) >= 11 is 0. The molecule has 0 saturated carbocycles. The molecule has 2 aliphatic rings. The number of hydrogen-bond donors (Lipinski definition) is 1. The Morgan fingerprint density at radius 2 is 1.75 bits per heavy atom. The maximum Gasteiger partial charge on any atom is 0.213 e. The molecule has 0 spiro atoms. The molecule has 0 aromatic carbocycles. The number of piperidine rings is 2. The van der Waals surface area contributed by atoms with Gasteiger partial charge in [-0.05, 0) is 64.7 Å². The summed E-state index contributed by atoms with van der Waals surface area (Å²) in [5.41, 5.74) is 0. The summed E-state index contributed by atoms with van der Waals surface area (Å²) in [6.07, 6.45) is 4.51. The average Bonchev–Trinajstić information content (AvgIpc) is 2.48. The second-order valence-electron chi connectivity index (χ2n) is 6.14. The van der Waals surface area contributed by atoms with Crippen LogP contribution in [0.2, 0.25) is 0 Å². The zero-order valence-electron chi connectivity index (χ0n) is 12.8. The molecule has 5 nitrogen and oxygen atoms in total. The highest BCUT2D eigenvalue weighted by atomic mass is 32.2. The summed E-state index contributed by atoms with van der Waals surface area (Å²) in [7, 11) is -1.29. The van der Waals surface area contributed by atoms with Crippen LogP contribution in [-0.4, -0.2) is 69.2 Å². The third-order valence-corrected chi connectivity index (χ3v) is 6.76. The Morgan fingerprint density at radius 3 is 2.30 bits per heavy atom. The Bertz CT molecular complexity index is 385. The highest BCUT2D eigenvalue weighted by Gasteiger charge is 2.29. The Labute approximate surface area is 123 Å². The Hall–Kier alpha value is -0.170. The number of likely N-dealkylation sites (tertiary alicyclic amines) is 1. The zero-order valence-corrected chi connectivity index (χ0v) is 13.7. The van der Waals surface area contributed by atoms with Gasteiger partial charge in [0, 0.05) is 19.6 Å². The van der Waals surface area contributed by atoms with Crippen molar-refractivity contribution >= 4 is 10.0 Å². The van der Waals surface area contributed by atoms with Crippen LogP contribution in [0.1, 0.15) is 32.6 Å². The average molecular weight is 303 g/mol. The number of nitrogens with one attached hydrogen (secondary N) is 1. The van der Waals surface area contributed by atoms with Gasteiger partial charge in [0.25, 0.3) is 0 Å². The van der Waals surface area contributed by atoms with Crippen LogP contribution in [0.5, 0.6) is 0 Å². The van der Waals surface area contributed by atoms with Crippen LogP contribution in [0.3, 0.4) is 0 Å². The fourth-order valence-corrected chi connectivity index (χ4v) is 4.40. The third kappa shape index (κ3) is 4.16. The largest absolute Gasteiger partial charge is 0.317 e. The predicted octanol–water partition coefficient (Wildman–Crippen LogP) is 0.732. The molecule has 0 atom stereocenters. The lowest BCUT2D eigenvalue weighted by atomic mass is 9.96. The first-order valence-electron chi connectivity index (χ1n) is 7.91. The van der Waals surface area contributed by atoms with Crippen LogP contribution >= 0.6 is 0 Å². The predicted molar refractivity (Wildman–Crippen MR) is 82.3 cm³/mol. The van der Waals surface area contributed by atoms with Crippen LogP contribution in [0, 0.1) is 5.92 Å². The molecular weight excluding hydrogens is 274 g/mol. The lowest BCUT2D eigenvalue weighted by molar-refractivity contribution is 0.140. The van der Waals surface area contributed by atoms with Crippen LogP contribution < -0.4 is 5.32 Å². The van der Waals surface area contributed by atoms with Gasteiger partial charge in [0.05, 0.1) is 5.75 Å². The van der Waals surface area contributed by atoms with Crippen molar-refractivity contribution in [2.24, 2.45) is 5.92 Å². The Kier molecular flexibility index (Phi) is 5.84. The van der Waals surface area contributed by atoms with Crippen LogP contribution in [0.25, 0.3) is 0 Å². The molecule has 0 aromatic rings. The molecule has 20 heavy (non-hydrogen) atoms. The lowest BCUT2D eigenvalue weighted by Crippen LogP contribution is -2.47. The highest BCUT2D eigenvalue weighted by Crippen LogP contribution is 2.21. The van der Waals surface area contributed by atoms with E-state index in [0.717, 1.165) is 44.9 Å². The standard InChI is InChI=1S/C14H29N3O2S/c1-3-20(18,19)16(2)14-6-10-17(11-7-14)12-13-4-8-15-9-5-13/h13-15H,3-12H2,1-2H3. The SMILES string of the molecule is CCS(=O)(=O)N(C)C1CCN(CC2CCNCC2)CC1. The van der Waals surface area contributed by atoms with E-state index in [1.54, 1.807) is 18.3 Å². The van der Waals surface area contributed by atoms with Crippen molar-refractivity contribution in [3.63, 3.8) is 0 Å². The van der Waals surface area contributed by atoms with E-state index in [4.69, 9.17) is 0 Å². The molecule has 2 aliphatic heterocycles. The first kappa shape index (κ1) is 16.2. The molecule has 0 radical (unpaired) electrons. The maximum absolute atomic E-state index is 11.9. The van der Waals surface area contributed by atoms with Gasteiger partial charge in [-0.1, -0.05) is 0 Å². The number of hydrogen-bond acceptors (Lipinski definition) is 4. The smallest absolute Gasteiger partial charge is 0.213 e. The summed E-state index contributed by atoms with van der Waals surface area (Å²) < 4.78 is 25.4. The van der Waals surface area contributed by atoms with Crippen LogP contribution in [0.4, 0.5) is 0 Å². The Balaban J connectivity index is 1.77. The lowest BCUT2D eigenvalue weighted by Gasteiger charge is -2.38. The maximum atomic E-state index is 11.9. The van der Waals surface area contributed by atoms with E-state index in [9.17, 15) is 8.42 Å². The van der Waals surface area contributed by atoms with Gasteiger partial charge in [-0.2, -0.15) is 0 Å². The summed E-state index contributed by atoms with van der Waals surface area (Å²) in [5.74, 6) is 1.03. The summed E-state index contributed by atoms with van der Waals surface area (Å²) in [6.45, 7) is 7.30. The van der Waals surface area contributed by atoms with E-state index in [1.165, 1.54) is 19.4 Å². The van der Waals surface area contributed by atoms with E-state index < -0.39 is 10.0 Å². The molecule has 0 unspecified atom stereocenters. The van der Waals surface area contributed by atoms with Crippen molar-refractivity contribution in [2.75, 3.05) is 45.5 Å². The topological polar surface area (TPSA) is 52.7 Å². The van der Waals surface area contributed by atoms with Gasteiger partial charge >= 0.3 is 0 Å². The van der Waals surface area contributed by atoms with E-state index >= 15 is 0 Å². The fraction of sp³-hybridized carbons (Fsp3) is 1.00. The molecule has 2 heterocycles. The van der Waals surface area contributed by atoms with Crippen molar-refractivity contribution in [1.29, 1.82) is 0 Å². The normalized spacial score (nSPS) is 24.4. The summed E-state index contributed by atoms with van der Waals surface area (Å²) in [6, 6.07) is 0.198. The van der Waals surface area contributed by atoms with Gasteiger partial charge in [0.15, 0.2) is 0 Å². The van der Waals surface area contributed by atoms with Gasteiger partial charge < -0.3 is 10.2 Å². The number of sulfonamides is 1. The van der Waals surface area contributed by atoms with Crippen molar-refractivity contribution < 1.29 is 8.42 Å². The second kappa shape index (κ2) is 7.20. The molecule has 2 fully saturated rings. The first-order chi connectivity index (χ1) is 9.53. The highest BCUT2D eigenvalue weighted by molar-refractivity contribution is 7.89. The number of nitrogens with zero attached hydrogens (tertiary/aromatic N) is 2. The van der Waals surface area contributed by atoms with Gasteiger partial charge in [0.2, 0.25) is 10.0 Å². The minimum atomic E-state index is -3.04. The molecule has 0 bridgehead atoms. The molecule has 2 saturated heterocycles. The summed E-state index contributed by atoms with van der Waals surface area (Å²) in [5, 5.41) is 3.41. The summed E-state index contributed by atoms with van der Waals surface area (Å²) in [4.78, 5) is 2.53. The molecule has 2 rings (SSSR count). The first-order valence-corrected chi connectivity index (χ1v) is 9.52. The van der Waals surface area contributed by atoms with Crippen molar-refractivity contribution in [1.82, 2.24) is 14.5 Å². The quantitative estimate of drug-likeness (QED) is 0.814. The molecule has 0 aliphatic carbocycles. The van der Waals surface area contributed by atoms with Gasteiger partial charge in [-0.15, -0.1) is 0 Å². The third-order valence-electron chi connectivity index (χ3n) is 4.85. The van der Waals surface area contributed by atoms with Crippen molar-refractivity contribution in [2.45, 2.75) is 38.6 Å². The van der Waals surface area contributed by atoms with Gasteiger partial charge in [0.1, 0.15) is 0 Å². The Morgan fingerprint density at radius 1 is 1.15 bits per heavy atom. The fourth-order valence-electron chi connectivity index (χ4n) is 3.33. The van der Waals surface area contributed by atoms with E-state index in [2.05, 4.69) is 10.2 Å². The van der Waals surface area contributed by atoms with Gasteiger partial charge in [-0.25, -0.2) is 12.7 Å². The molecule has 0 aromatic heterocycles. The zero-order chi connectivity index (χ0) is 14.6. The molecule has 118 valence electrons. The van der Waals surface area contributed by atoms with E-state index in [0.29, 0.717) is 0 Å². The number of rotatable bonds is 5. The molecule has 1 N–H and O–H groups in total. The minimum Gasteiger partial charge on any atom is -0.317 e. The van der Waals surface area contributed by atoms with Crippen LogP contribution in [0.15, 0.2) is 0 Å².